The Morgan fingerprint density at radius 3 is 2.75 bits per heavy atom. The fourth-order valence-electron chi connectivity index (χ4n) is 2.73. The second-order valence-corrected chi connectivity index (χ2v) is 5.81. The van der Waals surface area contributed by atoms with E-state index in [0.29, 0.717) is 17.3 Å². The molecule has 0 saturated carbocycles. The van der Waals surface area contributed by atoms with Gasteiger partial charge in [0.2, 0.25) is 5.84 Å². The molecule has 2 aromatic rings. The van der Waals surface area contributed by atoms with Gasteiger partial charge in [-0.1, -0.05) is 41.9 Å². The van der Waals surface area contributed by atoms with E-state index in [-0.39, 0.29) is 5.84 Å². The van der Waals surface area contributed by atoms with Crippen molar-refractivity contribution < 1.29 is 9.53 Å². The summed E-state index contributed by atoms with van der Waals surface area (Å²) in [4.78, 5) is 14.1. The third kappa shape index (κ3) is 3.36. The van der Waals surface area contributed by atoms with Crippen molar-refractivity contribution >= 4 is 34.8 Å². The minimum absolute atomic E-state index is 0.213. The van der Waals surface area contributed by atoms with Crippen LogP contribution in [0.2, 0.25) is 5.02 Å². The smallest absolute Gasteiger partial charge is 0.376 e. The number of hydrogen-bond acceptors (Lipinski definition) is 4. The molecule has 1 aliphatic rings. The molecule has 5 nitrogen and oxygen atoms in total. The van der Waals surface area contributed by atoms with Gasteiger partial charge >= 0.3 is 5.97 Å². The van der Waals surface area contributed by atoms with E-state index in [4.69, 9.17) is 16.3 Å². The molecule has 0 atom stereocenters. The molecular weight excluding hydrogens is 326 g/mol. The molecule has 6 heteroatoms. The summed E-state index contributed by atoms with van der Waals surface area (Å²) in [6.07, 6.45) is 1.93. The molecule has 0 spiro atoms. The van der Waals surface area contributed by atoms with Gasteiger partial charge in [-0.15, -0.1) is 5.10 Å². The van der Waals surface area contributed by atoms with Gasteiger partial charge in [0.1, 0.15) is 0 Å². The SMILES string of the molecule is COC(=O)/C(=N\Nc1ccccc1Cl)N1CCCc2ccccc21. The summed E-state index contributed by atoms with van der Waals surface area (Å²) in [7, 11) is 1.35. The van der Waals surface area contributed by atoms with Crippen molar-refractivity contribution in [2.45, 2.75) is 12.8 Å². The zero-order valence-corrected chi connectivity index (χ0v) is 14.1. The Bertz CT molecular complexity index is 776. The number of nitrogens with one attached hydrogen (secondary N) is 1. The largest absolute Gasteiger partial charge is 0.463 e. The van der Waals surface area contributed by atoms with Crippen LogP contribution in [0, 0.1) is 0 Å². The van der Waals surface area contributed by atoms with Crippen molar-refractivity contribution in [2.24, 2.45) is 5.10 Å². The third-order valence-electron chi connectivity index (χ3n) is 3.89. The number of aryl methyl sites for hydroxylation is 1. The van der Waals surface area contributed by atoms with Gasteiger partial charge in [0, 0.05) is 12.2 Å². The highest BCUT2D eigenvalue weighted by atomic mass is 35.5. The van der Waals surface area contributed by atoms with Gasteiger partial charge in [-0.05, 0) is 36.6 Å². The number of hydrazone groups is 1. The molecule has 0 radical (unpaired) electrons. The van der Waals surface area contributed by atoms with E-state index >= 15 is 0 Å². The first-order valence-corrected chi connectivity index (χ1v) is 8.10. The normalized spacial score (nSPS) is 14.1. The van der Waals surface area contributed by atoms with Crippen LogP contribution in [0.4, 0.5) is 11.4 Å². The zero-order valence-electron chi connectivity index (χ0n) is 13.3. The highest BCUT2D eigenvalue weighted by Gasteiger charge is 2.26. The molecule has 0 aliphatic carbocycles. The Morgan fingerprint density at radius 2 is 1.96 bits per heavy atom. The monoisotopic (exact) mass is 343 g/mol. The molecule has 3 rings (SSSR count). The van der Waals surface area contributed by atoms with Gasteiger partial charge in [0.25, 0.3) is 0 Å². The molecule has 24 heavy (non-hydrogen) atoms. The number of para-hydroxylation sites is 2. The fourth-order valence-corrected chi connectivity index (χ4v) is 2.90. The number of ether oxygens (including phenoxy) is 1. The topological polar surface area (TPSA) is 53.9 Å². The van der Waals surface area contributed by atoms with Crippen LogP contribution in [0.3, 0.4) is 0 Å². The van der Waals surface area contributed by atoms with Crippen LogP contribution in [-0.4, -0.2) is 25.5 Å². The Hall–Kier alpha value is -2.53. The number of benzene rings is 2. The molecule has 0 aromatic heterocycles. The second kappa shape index (κ2) is 7.36. The number of anilines is 2. The lowest BCUT2D eigenvalue weighted by Gasteiger charge is -2.30. The molecule has 124 valence electrons. The predicted octanol–water partition coefficient (Wildman–Crippen LogP) is 3.69. The highest BCUT2D eigenvalue weighted by Crippen LogP contribution is 2.27. The van der Waals surface area contributed by atoms with Gasteiger partial charge < -0.3 is 9.64 Å². The summed E-state index contributed by atoms with van der Waals surface area (Å²) in [6, 6.07) is 15.2. The number of fused-ring (bicyclic) bond motifs is 1. The van der Waals surface area contributed by atoms with Crippen molar-refractivity contribution in [3.8, 4) is 0 Å². The first kappa shape index (κ1) is 16.3. The molecule has 2 aromatic carbocycles. The highest BCUT2D eigenvalue weighted by molar-refractivity contribution is 6.41. The molecule has 0 saturated heterocycles. The summed E-state index contributed by atoms with van der Waals surface area (Å²) in [5.74, 6) is -0.282. The minimum atomic E-state index is -0.494. The van der Waals surface area contributed by atoms with Gasteiger partial charge in [0.15, 0.2) is 0 Å². The third-order valence-corrected chi connectivity index (χ3v) is 4.22. The number of esters is 1. The maximum absolute atomic E-state index is 12.3. The number of rotatable bonds is 2. The first-order chi connectivity index (χ1) is 11.7. The lowest BCUT2D eigenvalue weighted by atomic mass is 10.0. The summed E-state index contributed by atoms with van der Waals surface area (Å²) >= 11 is 6.13. The van der Waals surface area contributed by atoms with Crippen molar-refractivity contribution in [1.82, 2.24) is 0 Å². The van der Waals surface area contributed by atoms with Crippen molar-refractivity contribution in [1.29, 1.82) is 0 Å². The van der Waals surface area contributed by atoms with E-state index in [1.165, 1.54) is 12.7 Å². The van der Waals surface area contributed by atoms with Crippen LogP contribution >= 0.6 is 11.6 Å². The number of carbonyl (C=O) groups excluding carboxylic acids is 1. The molecule has 0 fully saturated rings. The van der Waals surface area contributed by atoms with Crippen LogP contribution in [0.15, 0.2) is 53.6 Å². The minimum Gasteiger partial charge on any atom is -0.463 e. The van der Waals surface area contributed by atoms with Gasteiger partial charge in [-0.3, -0.25) is 5.43 Å². The maximum atomic E-state index is 12.3. The first-order valence-electron chi connectivity index (χ1n) is 7.72. The molecule has 1 aliphatic heterocycles. The summed E-state index contributed by atoms with van der Waals surface area (Å²) < 4.78 is 4.91. The quantitative estimate of drug-likeness (QED) is 0.391. The zero-order chi connectivity index (χ0) is 16.9. The van der Waals surface area contributed by atoms with Crippen LogP contribution in [0.5, 0.6) is 0 Å². The van der Waals surface area contributed by atoms with Gasteiger partial charge in [-0.25, -0.2) is 4.79 Å². The van der Waals surface area contributed by atoms with E-state index in [1.54, 1.807) is 12.1 Å². The predicted molar refractivity (Wildman–Crippen MR) is 96.6 cm³/mol. The Labute approximate surface area is 145 Å². The lowest BCUT2D eigenvalue weighted by molar-refractivity contribution is -0.132. The van der Waals surface area contributed by atoms with Gasteiger partial charge in [0.05, 0.1) is 17.8 Å². The number of carbonyl (C=O) groups is 1. The molecular formula is C18H18ClN3O2. The average Bonchev–Trinajstić information content (AvgIpc) is 2.63. The van der Waals surface area contributed by atoms with E-state index in [1.807, 2.05) is 35.2 Å². The van der Waals surface area contributed by atoms with Gasteiger partial charge in [-0.2, -0.15) is 0 Å². The summed E-state index contributed by atoms with van der Waals surface area (Å²) in [5.41, 5.74) is 5.67. The average molecular weight is 344 g/mol. The van der Waals surface area contributed by atoms with Crippen LogP contribution in [0.1, 0.15) is 12.0 Å². The van der Waals surface area contributed by atoms with Crippen LogP contribution in [-0.2, 0) is 16.0 Å². The Kier molecular flexibility index (Phi) is 5.01. The standard InChI is InChI=1S/C18H18ClN3O2/c1-24-18(23)17(21-20-15-10-4-3-9-14(15)19)22-12-6-8-13-7-2-5-11-16(13)22/h2-5,7,9-11,20H,6,8,12H2,1H3/b21-17+. The molecule has 1 heterocycles. The van der Waals surface area contributed by atoms with E-state index in [2.05, 4.69) is 16.6 Å². The Balaban J connectivity index is 1.95. The molecule has 0 bridgehead atoms. The van der Waals surface area contributed by atoms with Crippen LogP contribution < -0.4 is 10.3 Å². The molecule has 0 unspecified atom stereocenters. The van der Waals surface area contributed by atoms with E-state index in [9.17, 15) is 4.79 Å². The summed E-state index contributed by atoms with van der Waals surface area (Å²) in [6.45, 7) is 0.704. The van der Waals surface area contributed by atoms with Crippen molar-refractivity contribution in [2.75, 3.05) is 24.0 Å². The molecule has 1 N–H and O–H groups in total. The van der Waals surface area contributed by atoms with Crippen LogP contribution in [0.25, 0.3) is 0 Å². The number of nitrogens with zero attached hydrogens (tertiary/aromatic N) is 2. The fraction of sp³-hybridized carbons (Fsp3) is 0.222. The van der Waals surface area contributed by atoms with Crippen molar-refractivity contribution in [3.63, 3.8) is 0 Å². The molecule has 0 amide bonds. The van der Waals surface area contributed by atoms with E-state index in [0.717, 1.165) is 18.5 Å². The number of methoxy groups -OCH3 is 1. The maximum Gasteiger partial charge on any atom is 0.376 e. The number of hydrogen-bond donors (Lipinski definition) is 1. The number of halogens is 1. The lowest BCUT2D eigenvalue weighted by Crippen LogP contribution is -2.41. The summed E-state index contributed by atoms with van der Waals surface area (Å²) in [5, 5.41) is 4.81. The van der Waals surface area contributed by atoms with Crippen molar-refractivity contribution in [3.05, 3.63) is 59.1 Å². The second-order valence-electron chi connectivity index (χ2n) is 5.40. The Morgan fingerprint density at radius 1 is 1.21 bits per heavy atom. The van der Waals surface area contributed by atoms with E-state index < -0.39 is 5.97 Å². The number of amidine groups is 1.